The SMILES string of the molecule is CCCN(CC(N)=NO)Cc1ccc(OC(F)(F)F)cc1. The Bertz CT molecular complexity index is 461. The first-order valence-electron chi connectivity index (χ1n) is 6.37. The predicted octanol–water partition coefficient (Wildman–Crippen LogP) is 2.54. The van der Waals surface area contributed by atoms with Crippen molar-refractivity contribution in [2.75, 3.05) is 13.1 Å². The van der Waals surface area contributed by atoms with Crippen molar-refractivity contribution in [3.63, 3.8) is 0 Å². The molecule has 0 aliphatic heterocycles. The van der Waals surface area contributed by atoms with Gasteiger partial charge in [0.25, 0.3) is 0 Å². The third kappa shape index (κ3) is 6.84. The molecular weight excluding hydrogens is 287 g/mol. The van der Waals surface area contributed by atoms with Gasteiger partial charge in [0.15, 0.2) is 5.84 Å². The molecule has 0 saturated carbocycles. The fourth-order valence-electron chi connectivity index (χ4n) is 1.85. The number of benzene rings is 1. The number of hydrogen-bond donors (Lipinski definition) is 2. The Morgan fingerprint density at radius 2 is 1.95 bits per heavy atom. The highest BCUT2D eigenvalue weighted by Gasteiger charge is 2.30. The third-order valence-corrected chi connectivity index (χ3v) is 2.62. The van der Waals surface area contributed by atoms with Crippen LogP contribution in [-0.2, 0) is 6.54 Å². The maximum Gasteiger partial charge on any atom is 0.573 e. The van der Waals surface area contributed by atoms with Gasteiger partial charge in [-0.2, -0.15) is 0 Å². The van der Waals surface area contributed by atoms with E-state index < -0.39 is 6.36 Å². The molecule has 0 radical (unpaired) electrons. The van der Waals surface area contributed by atoms with Crippen LogP contribution in [0.5, 0.6) is 5.75 Å². The van der Waals surface area contributed by atoms with Crippen molar-refractivity contribution in [3.8, 4) is 5.75 Å². The van der Waals surface area contributed by atoms with Crippen molar-refractivity contribution in [1.82, 2.24) is 4.90 Å². The molecule has 0 heterocycles. The summed E-state index contributed by atoms with van der Waals surface area (Å²) in [6.07, 6.45) is -3.82. The van der Waals surface area contributed by atoms with E-state index >= 15 is 0 Å². The van der Waals surface area contributed by atoms with Crippen molar-refractivity contribution in [1.29, 1.82) is 0 Å². The van der Waals surface area contributed by atoms with Crippen molar-refractivity contribution < 1.29 is 23.1 Å². The highest BCUT2D eigenvalue weighted by Crippen LogP contribution is 2.23. The summed E-state index contributed by atoms with van der Waals surface area (Å²) in [4.78, 5) is 1.93. The Labute approximate surface area is 120 Å². The molecule has 0 amide bonds. The van der Waals surface area contributed by atoms with Crippen molar-refractivity contribution in [3.05, 3.63) is 29.8 Å². The number of halogens is 3. The van der Waals surface area contributed by atoms with Crippen LogP contribution < -0.4 is 10.5 Å². The minimum Gasteiger partial charge on any atom is -0.409 e. The van der Waals surface area contributed by atoms with Crippen molar-refractivity contribution >= 4 is 5.84 Å². The molecule has 0 bridgehead atoms. The largest absolute Gasteiger partial charge is 0.573 e. The standard InChI is InChI=1S/C13H18F3N3O2/c1-2-7-19(9-12(17)18-20)8-10-3-5-11(6-4-10)21-13(14,15)16/h3-6,20H,2,7-9H2,1H3,(H2,17,18). The molecule has 0 aliphatic rings. The molecule has 118 valence electrons. The molecular formula is C13H18F3N3O2. The molecule has 0 saturated heterocycles. The Hall–Kier alpha value is -1.96. The second kappa shape index (κ2) is 7.72. The van der Waals surface area contributed by atoms with Crippen LogP contribution in [-0.4, -0.2) is 35.4 Å². The smallest absolute Gasteiger partial charge is 0.409 e. The van der Waals surface area contributed by atoms with Crippen LogP contribution in [0.15, 0.2) is 29.4 Å². The summed E-state index contributed by atoms with van der Waals surface area (Å²) < 4.78 is 40.0. The second-order valence-corrected chi connectivity index (χ2v) is 4.49. The van der Waals surface area contributed by atoms with Crippen molar-refractivity contribution in [2.24, 2.45) is 10.9 Å². The Balaban J connectivity index is 2.67. The first kappa shape index (κ1) is 17.1. The monoisotopic (exact) mass is 305 g/mol. The average molecular weight is 305 g/mol. The van der Waals surface area contributed by atoms with Gasteiger partial charge in [-0.3, -0.25) is 4.90 Å². The lowest BCUT2D eigenvalue weighted by atomic mass is 10.2. The molecule has 3 N–H and O–H groups in total. The van der Waals surface area contributed by atoms with Crippen LogP contribution in [0.4, 0.5) is 13.2 Å². The van der Waals surface area contributed by atoms with E-state index in [1.165, 1.54) is 12.1 Å². The Morgan fingerprint density at radius 3 is 2.43 bits per heavy atom. The number of alkyl halides is 3. The lowest BCUT2D eigenvalue weighted by Gasteiger charge is -2.21. The van der Waals surface area contributed by atoms with Crippen LogP contribution >= 0.6 is 0 Å². The highest BCUT2D eigenvalue weighted by molar-refractivity contribution is 5.81. The van der Waals surface area contributed by atoms with Crippen LogP contribution in [0.25, 0.3) is 0 Å². The maximum atomic E-state index is 12.1. The molecule has 0 aliphatic carbocycles. The number of hydrogen-bond acceptors (Lipinski definition) is 4. The van der Waals surface area contributed by atoms with E-state index in [-0.39, 0.29) is 18.1 Å². The number of ether oxygens (including phenoxy) is 1. The fraction of sp³-hybridized carbons (Fsp3) is 0.462. The van der Waals surface area contributed by atoms with E-state index in [2.05, 4.69) is 9.89 Å². The quantitative estimate of drug-likeness (QED) is 0.351. The van der Waals surface area contributed by atoms with Gasteiger partial charge in [-0.05, 0) is 30.7 Å². The van der Waals surface area contributed by atoms with Gasteiger partial charge in [-0.1, -0.05) is 24.2 Å². The summed E-state index contributed by atoms with van der Waals surface area (Å²) in [5.74, 6) is -0.176. The summed E-state index contributed by atoms with van der Waals surface area (Å²) in [5.41, 5.74) is 6.27. The van der Waals surface area contributed by atoms with E-state index in [9.17, 15) is 13.2 Å². The van der Waals surface area contributed by atoms with Crippen LogP contribution in [0, 0.1) is 0 Å². The number of oxime groups is 1. The van der Waals surface area contributed by atoms with Gasteiger partial charge < -0.3 is 15.7 Å². The number of nitrogens with two attached hydrogens (primary N) is 1. The summed E-state index contributed by atoms with van der Waals surface area (Å²) in [7, 11) is 0. The minimum absolute atomic E-state index is 0.0838. The molecule has 0 aromatic heterocycles. The zero-order valence-corrected chi connectivity index (χ0v) is 11.6. The van der Waals surface area contributed by atoms with Crippen LogP contribution in [0.1, 0.15) is 18.9 Å². The van der Waals surface area contributed by atoms with E-state index in [0.29, 0.717) is 6.54 Å². The van der Waals surface area contributed by atoms with Crippen LogP contribution in [0.2, 0.25) is 0 Å². The third-order valence-electron chi connectivity index (χ3n) is 2.62. The lowest BCUT2D eigenvalue weighted by Crippen LogP contribution is -2.34. The number of rotatable bonds is 7. The fourth-order valence-corrected chi connectivity index (χ4v) is 1.85. The van der Waals surface area contributed by atoms with Crippen molar-refractivity contribution in [2.45, 2.75) is 26.3 Å². The average Bonchev–Trinajstić information content (AvgIpc) is 2.39. The topological polar surface area (TPSA) is 71.1 Å². The molecule has 8 heteroatoms. The molecule has 21 heavy (non-hydrogen) atoms. The maximum absolute atomic E-state index is 12.1. The van der Waals surface area contributed by atoms with E-state index in [0.717, 1.165) is 18.5 Å². The number of amidine groups is 1. The van der Waals surface area contributed by atoms with E-state index in [1.54, 1.807) is 12.1 Å². The first-order chi connectivity index (χ1) is 9.84. The van der Waals surface area contributed by atoms with E-state index in [4.69, 9.17) is 10.9 Å². The zero-order chi connectivity index (χ0) is 15.9. The first-order valence-corrected chi connectivity index (χ1v) is 6.37. The van der Waals surface area contributed by atoms with Gasteiger partial charge in [0.1, 0.15) is 5.75 Å². The van der Waals surface area contributed by atoms with Gasteiger partial charge in [-0.25, -0.2) is 0 Å². The van der Waals surface area contributed by atoms with Gasteiger partial charge in [0, 0.05) is 6.54 Å². The molecule has 1 aromatic carbocycles. The zero-order valence-electron chi connectivity index (χ0n) is 11.6. The molecule has 0 fully saturated rings. The summed E-state index contributed by atoms with van der Waals surface area (Å²) >= 11 is 0. The van der Waals surface area contributed by atoms with Gasteiger partial charge in [-0.15, -0.1) is 13.2 Å². The summed E-state index contributed by atoms with van der Waals surface area (Å²) in [6.45, 7) is 3.47. The molecule has 1 rings (SSSR count). The molecule has 0 atom stereocenters. The normalized spacial score (nSPS) is 12.7. The second-order valence-electron chi connectivity index (χ2n) is 4.49. The van der Waals surface area contributed by atoms with E-state index in [1.807, 2.05) is 11.8 Å². The summed E-state index contributed by atoms with van der Waals surface area (Å²) in [6, 6.07) is 5.62. The number of nitrogens with zero attached hydrogens (tertiary/aromatic N) is 2. The molecule has 5 nitrogen and oxygen atoms in total. The van der Waals surface area contributed by atoms with Gasteiger partial charge in [0.05, 0.1) is 6.54 Å². The Kier molecular flexibility index (Phi) is 6.29. The minimum atomic E-state index is -4.69. The van der Waals surface area contributed by atoms with Crippen LogP contribution in [0.3, 0.4) is 0 Å². The molecule has 0 unspecified atom stereocenters. The van der Waals surface area contributed by atoms with Gasteiger partial charge in [0.2, 0.25) is 0 Å². The van der Waals surface area contributed by atoms with Gasteiger partial charge >= 0.3 is 6.36 Å². The highest BCUT2D eigenvalue weighted by atomic mass is 19.4. The molecule has 1 aromatic rings. The molecule has 0 spiro atoms. The lowest BCUT2D eigenvalue weighted by molar-refractivity contribution is -0.274. The predicted molar refractivity (Wildman–Crippen MR) is 72.1 cm³/mol. The summed E-state index contributed by atoms with van der Waals surface area (Å²) in [5, 5.41) is 11.5. The Morgan fingerprint density at radius 1 is 1.33 bits per heavy atom.